The number of aliphatic hydroxyl groups is 2. The third-order valence-electron chi connectivity index (χ3n) is 3.82. The van der Waals surface area contributed by atoms with Crippen LogP contribution in [0, 0.1) is 6.92 Å². The minimum absolute atomic E-state index is 0.330. The molecule has 0 saturated heterocycles. The van der Waals surface area contributed by atoms with Crippen molar-refractivity contribution in [1.82, 2.24) is 19.5 Å². The number of nitrogens with two attached hydrogens (primary N) is 1. The summed E-state index contributed by atoms with van der Waals surface area (Å²) in [5.74, 6) is 1.25. The van der Waals surface area contributed by atoms with Crippen molar-refractivity contribution in [3.8, 4) is 0 Å². The van der Waals surface area contributed by atoms with Crippen LogP contribution in [0.1, 0.15) is 18.3 Å². The summed E-state index contributed by atoms with van der Waals surface area (Å²) in [4.78, 5) is 13.0. The lowest BCUT2D eigenvalue weighted by Gasteiger charge is -2.18. The molecule has 1 fully saturated rings. The lowest BCUT2D eigenvalue weighted by Crippen LogP contribution is -2.35. The highest BCUT2D eigenvalue weighted by atomic mass is 16.3. The fourth-order valence-electron chi connectivity index (χ4n) is 2.76. The van der Waals surface area contributed by atoms with Gasteiger partial charge in [-0.15, -0.1) is 0 Å². The van der Waals surface area contributed by atoms with Crippen molar-refractivity contribution >= 4 is 17.0 Å². The first-order chi connectivity index (χ1) is 9.52. The van der Waals surface area contributed by atoms with Gasteiger partial charge in [0, 0.05) is 13.1 Å². The fraction of sp³-hybridized carbons (Fsp3) is 0.583. The van der Waals surface area contributed by atoms with Crippen LogP contribution in [0.3, 0.4) is 0 Å². The highest BCUT2D eigenvalue weighted by molar-refractivity contribution is 5.83. The van der Waals surface area contributed by atoms with Crippen LogP contribution in [0.5, 0.6) is 0 Å². The third kappa shape index (κ3) is 1.84. The van der Waals surface area contributed by atoms with Crippen molar-refractivity contribution < 1.29 is 10.2 Å². The van der Waals surface area contributed by atoms with E-state index >= 15 is 0 Å². The molecule has 2 heterocycles. The van der Waals surface area contributed by atoms with Gasteiger partial charge in [0.15, 0.2) is 11.5 Å². The number of rotatable bonds is 2. The van der Waals surface area contributed by atoms with Crippen molar-refractivity contribution in [2.45, 2.75) is 37.6 Å². The average molecular weight is 278 g/mol. The summed E-state index contributed by atoms with van der Waals surface area (Å²) in [6.45, 7) is 1.79. The Morgan fingerprint density at radius 2 is 2.10 bits per heavy atom. The standard InChI is InChI=1S/C12H18N6O2/c1-5-16-11(14-2)8-12(17-5)18(4-15-8)7-3-6(13)9(19)10(7)20/h4,6-7,9-10,19-20H,3,13H2,1-2H3,(H,14,16,17)/t6-,7+,9+,10-/m0/s1. The van der Waals surface area contributed by atoms with Gasteiger partial charge in [0.1, 0.15) is 17.4 Å². The molecule has 5 N–H and O–H groups in total. The van der Waals surface area contributed by atoms with Gasteiger partial charge in [0.05, 0.1) is 18.5 Å². The zero-order valence-electron chi connectivity index (χ0n) is 11.4. The average Bonchev–Trinajstić information content (AvgIpc) is 2.94. The van der Waals surface area contributed by atoms with E-state index < -0.39 is 18.2 Å². The second-order valence-corrected chi connectivity index (χ2v) is 5.14. The summed E-state index contributed by atoms with van der Waals surface area (Å²) in [6.07, 6.45) is 0.240. The minimum atomic E-state index is -0.927. The zero-order chi connectivity index (χ0) is 14.4. The summed E-state index contributed by atoms with van der Waals surface area (Å²) < 4.78 is 1.77. The molecule has 0 spiro atoms. The van der Waals surface area contributed by atoms with E-state index in [1.807, 2.05) is 0 Å². The van der Waals surface area contributed by atoms with Gasteiger partial charge in [-0.1, -0.05) is 0 Å². The van der Waals surface area contributed by atoms with Crippen LogP contribution >= 0.6 is 0 Å². The van der Waals surface area contributed by atoms with Gasteiger partial charge in [0.2, 0.25) is 0 Å². The Bertz CT molecular complexity index is 642. The van der Waals surface area contributed by atoms with Crippen LogP contribution in [-0.4, -0.2) is 55.0 Å². The van der Waals surface area contributed by atoms with Crippen molar-refractivity contribution in [3.63, 3.8) is 0 Å². The molecule has 1 saturated carbocycles. The second kappa shape index (κ2) is 4.65. The molecule has 0 aliphatic heterocycles. The SMILES string of the molecule is CNc1nc(C)nc2c1ncn2[C@@H]1C[C@H](N)[C@@H](O)[C@H]1O. The number of anilines is 1. The van der Waals surface area contributed by atoms with E-state index in [4.69, 9.17) is 5.73 Å². The van der Waals surface area contributed by atoms with Crippen molar-refractivity contribution in [2.24, 2.45) is 5.73 Å². The summed E-state index contributed by atoms with van der Waals surface area (Å²) in [5.41, 5.74) is 7.08. The van der Waals surface area contributed by atoms with Crippen molar-refractivity contribution in [3.05, 3.63) is 12.2 Å². The van der Waals surface area contributed by atoms with Gasteiger partial charge < -0.3 is 25.8 Å². The molecule has 3 rings (SSSR count). The lowest BCUT2D eigenvalue weighted by molar-refractivity contribution is 0.0187. The van der Waals surface area contributed by atoms with E-state index in [0.717, 1.165) is 0 Å². The molecule has 20 heavy (non-hydrogen) atoms. The molecule has 0 aromatic carbocycles. The molecular weight excluding hydrogens is 260 g/mol. The van der Waals surface area contributed by atoms with Crippen LogP contribution in [-0.2, 0) is 0 Å². The third-order valence-corrected chi connectivity index (χ3v) is 3.82. The molecule has 108 valence electrons. The van der Waals surface area contributed by atoms with E-state index in [1.54, 1.807) is 24.9 Å². The number of aliphatic hydroxyl groups excluding tert-OH is 2. The van der Waals surface area contributed by atoms with Gasteiger partial charge in [-0.05, 0) is 13.3 Å². The Balaban J connectivity index is 2.11. The molecule has 4 atom stereocenters. The Hall–Kier alpha value is -1.77. The number of nitrogens with zero attached hydrogens (tertiary/aromatic N) is 4. The highest BCUT2D eigenvalue weighted by Gasteiger charge is 2.41. The monoisotopic (exact) mass is 278 g/mol. The predicted octanol–water partition coefficient (Wildman–Crippen LogP) is -0.830. The summed E-state index contributed by atoms with van der Waals surface area (Å²) in [6, 6.07) is -0.775. The number of hydrogen-bond acceptors (Lipinski definition) is 7. The Morgan fingerprint density at radius 3 is 2.70 bits per heavy atom. The maximum Gasteiger partial charge on any atom is 0.166 e. The first kappa shape index (κ1) is 13.2. The van der Waals surface area contributed by atoms with Gasteiger partial charge in [0.25, 0.3) is 0 Å². The van der Waals surface area contributed by atoms with Crippen LogP contribution in [0.2, 0.25) is 0 Å². The first-order valence-electron chi connectivity index (χ1n) is 6.53. The molecule has 2 aromatic heterocycles. The minimum Gasteiger partial charge on any atom is -0.389 e. The fourth-order valence-corrected chi connectivity index (χ4v) is 2.76. The molecule has 8 nitrogen and oxygen atoms in total. The number of nitrogens with one attached hydrogen (secondary N) is 1. The second-order valence-electron chi connectivity index (χ2n) is 5.14. The lowest BCUT2D eigenvalue weighted by atomic mass is 10.2. The molecule has 0 bridgehead atoms. The largest absolute Gasteiger partial charge is 0.389 e. The molecule has 1 aliphatic rings. The van der Waals surface area contributed by atoms with Crippen LogP contribution < -0.4 is 11.1 Å². The van der Waals surface area contributed by atoms with E-state index in [0.29, 0.717) is 29.2 Å². The Morgan fingerprint density at radius 1 is 1.35 bits per heavy atom. The van der Waals surface area contributed by atoms with E-state index in [2.05, 4.69) is 20.3 Å². The number of aromatic nitrogens is 4. The van der Waals surface area contributed by atoms with Crippen LogP contribution in [0.15, 0.2) is 6.33 Å². The molecule has 0 radical (unpaired) electrons. The van der Waals surface area contributed by atoms with Gasteiger partial charge >= 0.3 is 0 Å². The topological polar surface area (TPSA) is 122 Å². The quantitative estimate of drug-likeness (QED) is 0.565. The molecule has 0 amide bonds. The summed E-state index contributed by atoms with van der Waals surface area (Å²) in [5, 5.41) is 22.9. The summed E-state index contributed by atoms with van der Waals surface area (Å²) >= 11 is 0. The Kier molecular flexibility index (Phi) is 3.08. The van der Waals surface area contributed by atoms with Gasteiger partial charge in [-0.25, -0.2) is 15.0 Å². The van der Waals surface area contributed by atoms with Crippen molar-refractivity contribution in [1.29, 1.82) is 0 Å². The smallest absolute Gasteiger partial charge is 0.166 e. The molecular formula is C12H18N6O2. The van der Waals surface area contributed by atoms with Gasteiger partial charge in [-0.3, -0.25) is 0 Å². The van der Waals surface area contributed by atoms with E-state index in [1.165, 1.54) is 0 Å². The Labute approximate surface area is 115 Å². The van der Waals surface area contributed by atoms with Crippen LogP contribution in [0.4, 0.5) is 5.82 Å². The van der Waals surface area contributed by atoms with Crippen LogP contribution in [0.25, 0.3) is 11.2 Å². The first-order valence-corrected chi connectivity index (χ1v) is 6.53. The molecule has 1 aliphatic carbocycles. The number of fused-ring (bicyclic) bond motifs is 1. The van der Waals surface area contributed by atoms with Gasteiger partial charge in [-0.2, -0.15) is 0 Å². The molecule has 2 aromatic rings. The van der Waals surface area contributed by atoms with E-state index in [9.17, 15) is 10.2 Å². The normalized spacial score (nSPS) is 30.1. The predicted molar refractivity (Wildman–Crippen MR) is 73.2 cm³/mol. The van der Waals surface area contributed by atoms with E-state index in [-0.39, 0.29) is 6.04 Å². The molecule has 8 heteroatoms. The maximum absolute atomic E-state index is 10.1. The number of hydrogen-bond donors (Lipinski definition) is 4. The molecule has 0 unspecified atom stereocenters. The zero-order valence-corrected chi connectivity index (χ0v) is 11.4. The number of aryl methyl sites for hydroxylation is 1. The number of imidazole rings is 1. The highest BCUT2D eigenvalue weighted by Crippen LogP contribution is 2.32. The summed E-state index contributed by atoms with van der Waals surface area (Å²) in [7, 11) is 1.77. The van der Waals surface area contributed by atoms with Crippen molar-refractivity contribution in [2.75, 3.05) is 12.4 Å². The maximum atomic E-state index is 10.1.